The first-order chi connectivity index (χ1) is 10.1. The molecule has 0 aliphatic rings. The highest BCUT2D eigenvalue weighted by atomic mass is 16.4. The largest absolute Gasteiger partial charge is 0.478 e. The minimum absolute atomic E-state index is 0.151. The number of benzene rings is 1. The summed E-state index contributed by atoms with van der Waals surface area (Å²) in [5.41, 5.74) is 2.25. The van der Waals surface area contributed by atoms with Crippen LogP contribution in [0.5, 0.6) is 0 Å². The lowest BCUT2D eigenvalue weighted by Crippen LogP contribution is -2.19. The Morgan fingerprint density at radius 2 is 2.00 bits per heavy atom. The molecule has 2 rings (SSSR count). The average molecular weight is 284 g/mol. The Morgan fingerprint density at radius 1 is 1.29 bits per heavy atom. The van der Waals surface area contributed by atoms with Gasteiger partial charge in [-0.2, -0.15) is 0 Å². The lowest BCUT2D eigenvalue weighted by Gasteiger charge is -2.16. The summed E-state index contributed by atoms with van der Waals surface area (Å²) in [5.74, 6) is -0.499. The lowest BCUT2D eigenvalue weighted by molar-refractivity contribution is 0.0697. The second-order valence-electron chi connectivity index (χ2n) is 5.23. The topological polar surface area (TPSA) is 62.2 Å². The van der Waals surface area contributed by atoms with E-state index in [4.69, 9.17) is 0 Å². The first-order valence-corrected chi connectivity index (χ1v) is 7.07. The maximum atomic E-state index is 11.3. The number of aromatic carboxylic acids is 1. The van der Waals surface area contributed by atoms with E-state index in [9.17, 15) is 9.90 Å². The molecule has 1 atom stereocenters. The predicted octanol–water partition coefficient (Wildman–Crippen LogP) is 3.52. The zero-order valence-corrected chi connectivity index (χ0v) is 12.3. The quantitative estimate of drug-likeness (QED) is 0.852. The molecule has 0 bridgehead atoms. The third-order valence-electron chi connectivity index (χ3n) is 3.47. The van der Waals surface area contributed by atoms with Crippen LogP contribution < -0.4 is 5.32 Å². The Labute approximate surface area is 124 Å². The zero-order chi connectivity index (χ0) is 15.2. The van der Waals surface area contributed by atoms with Crippen LogP contribution in [0.2, 0.25) is 0 Å². The molecule has 0 radical (unpaired) electrons. The highest BCUT2D eigenvalue weighted by Gasteiger charge is 2.15. The first kappa shape index (κ1) is 15.0. The van der Waals surface area contributed by atoms with E-state index in [2.05, 4.69) is 22.4 Å². The fourth-order valence-corrected chi connectivity index (χ4v) is 2.27. The molecule has 0 saturated carbocycles. The number of pyridine rings is 1. The fraction of sp³-hybridized carbons (Fsp3) is 0.294. The third kappa shape index (κ3) is 4.05. The van der Waals surface area contributed by atoms with Crippen molar-refractivity contribution in [2.75, 3.05) is 5.32 Å². The number of nitrogens with one attached hydrogen (secondary N) is 1. The van der Waals surface area contributed by atoms with E-state index < -0.39 is 5.97 Å². The van der Waals surface area contributed by atoms with Crippen LogP contribution in [-0.4, -0.2) is 22.1 Å². The molecular formula is C17H20N2O2. The molecule has 4 heteroatoms. The second-order valence-corrected chi connectivity index (χ2v) is 5.23. The van der Waals surface area contributed by atoms with Gasteiger partial charge in [0.2, 0.25) is 0 Å². The average Bonchev–Trinajstić information content (AvgIpc) is 2.46. The summed E-state index contributed by atoms with van der Waals surface area (Å²) in [6, 6.07) is 12.1. The van der Waals surface area contributed by atoms with Gasteiger partial charge in [0.05, 0.1) is 0 Å². The normalized spacial score (nSPS) is 11.9. The van der Waals surface area contributed by atoms with Gasteiger partial charge in [-0.05, 0) is 43.9 Å². The number of aromatic nitrogens is 1. The summed E-state index contributed by atoms with van der Waals surface area (Å²) in [5, 5.41) is 12.5. The summed E-state index contributed by atoms with van der Waals surface area (Å²) < 4.78 is 0. The van der Waals surface area contributed by atoms with Crippen LogP contribution >= 0.6 is 0 Å². The molecule has 1 aromatic heterocycles. The molecular weight excluding hydrogens is 264 g/mol. The zero-order valence-electron chi connectivity index (χ0n) is 12.3. The maximum absolute atomic E-state index is 11.3. The Hall–Kier alpha value is -2.36. The standard InChI is InChI=1S/C17H20N2O2/c1-12-10-11-18-16(15(12)17(20)21)19-13(2)8-9-14-6-4-3-5-7-14/h3-7,10-11,13H,8-9H2,1-2H3,(H,18,19)(H,20,21). The van der Waals surface area contributed by atoms with E-state index in [1.54, 1.807) is 19.2 Å². The van der Waals surface area contributed by atoms with Crippen molar-refractivity contribution in [2.45, 2.75) is 32.7 Å². The minimum Gasteiger partial charge on any atom is -0.478 e. The third-order valence-corrected chi connectivity index (χ3v) is 3.47. The van der Waals surface area contributed by atoms with Gasteiger partial charge in [0, 0.05) is 12.2 Å². The minimum atomic E-state index is -0.946. The number of nitrogens with zero attached hydrogens (tertiary/aromatic N) is 1. The molecule has 0 spiro atoms. The van der Waals surface area contributed by atoms with E-state index in [0.29, 0.717) is 5.82 Å². The Bertz CT molecular complexity index is 611. The summed E-state index contributed by atoms with van der Waals surface area (Å²) in [6.07, 6.45) is 3.50. The first-order valence-electron chi connectivity index (χ1n) is 7.07. The molecule has 1 aromatic carbocycles. The molecule has 110 valence electrons. The van der Waals surface area contributed by atoms with Crippen molar-refractivity contribution < 1.29 is 9.90 Å². The number of anilines is 1. The smallest absolute Gasteiger partial charge is 0.339 e. The second kappa shape index (κ2) is 6.88. The van der Waals surface area contributed by atoms with Gasteiger partial charge in [-0.3, -0.25) is 0 Å². The predicted molar refractivity (Wildman–Crippen MR) is 83.8 cm³/mol. The van der Waals surface area contributed by atoms with Crippen molar-refractivity contribution in [3.05, 3.63) is 59.3 Å². The molecule has 2 N–H and O–H groups in total. The highest BCUT2D eigenvalue weighted by molar-refractivity contribution is 5.94. The van der Waals surface area contributed by atoms with Crippen molar-refractivity contribution in [1.82, 2.24) is 4.98 Å². The molecule has 1 heterocycles. The Balaban J connectivity index is 2.01. The SMILES string of the molecule is Cc1ccnc(NC(C)CCc2ccccc2)c1C(=O)O. The number of carboxylic acid groups (broad SMARTS) is 1. The number of hydrogen-bond donors (Lipinski definition) is 2. The van der Waals surface area contributed by atoms with E-state index in [0.717, 1.165) is 18.4 Å². The molecule has 0 aliphatic heterocycles. The van der Waals surface area contributed by atoms with Crippen LogP contribution in [-0.2, 0) is 6.42 Å². The van der Waals surface area contributed by atoms with E-state index in [1.807, 2.05) is 25.1 Å². The van der Waals surface area contributed by atoms with Gasteiger partial charge >= 0.3 is 5.97 Å². The van der Waals surface area contributed by atoms with E-state index in [1.165, 1.54) is 5.56 Å². The van der Waals surface area contributed by atoms with Gasteiger partial charge in [-0.15, -0.1) is 0 Å². The van der Waals surface area contributed by atoms with Gasteiger partial charge in [-0.25, -0.2) is 9.78 Å². The molecule has 21 heavy (non-hydrogen) atoms. The van der Waals surface area contributed by atoms with Gasteiger partial charge in [-0.1, -0.05) is 30.3 Å². The molecule has 0 fully saturated rings. The summed E-state index contributed by atoms with van der Waals surface area (Å²) in [4.78, 5) is 15.5. The van der Waals surface area contributed by atoms with Crippen molar-refractivity contribution in [3.63, 3.8) is 0 Å². The van der Waals surface area contributed by atoms with E-state index >= 15 is 0 Å². The monoisotopic (exact) mass is 284 g/mol. The number of hydrogen-bond acceptors (Lipinski definition) is 3. The fourth-order valence-electron chi connectivity index (χ4n) is 2.27. The van der Waals surface area contributed by atoms with Crippen LogP contribution in [0.4, 0.5) is 5.82 Å². The number of carboxylic acids is 1. The number of rotatable bonds is 6. The molecule has 2 aromatic rings. The van der Waals surface area contributed by atoms with Gasteiger partial charge in [0.25, 0.3) is 0 Å². The van der Waals surface area contributed by atoms with Crippen molar-refractivity contribution >= 4 is 11.8 Å². The highest BCUT2D eigenvalue weighted by Crippen LogP contribution is 2.18. The molecule has 0 aliphatic carbocycles. The van der Waals surface area contributed by atoms with E-state index in [-0.39, 0.29) is 11.6 Å². The number of carbonyl (C=O) groups is 1. The van der Waals surface area contributed by atoms with Gasteiger partial charge in [0.1, 0.15) is 11.4 Å². The molecule has 0 saturated heterocycles. The number of aryl methyl sites for hydroxylation is 2. The van der Waals surface area contributed by atoms with Crippen molar-refractivity contribution in [1.29, 1.82) is 0 Å². The molecule has 4 nitrogen and oxygen atoms in total. The van der Waals surface area contributed by atoms with Crippen molar-refractivity contribution in [2.24, 2.45) is 0 Å². The van der Waals surface area contributed by atoms with Crippen molar-refractivity contribution in [3.8, 4) is 0 Å². The molecule has 0 amide bonds. The molecule has 1 unspecified atom stereocenters. The van der Waals surface area contributed by atoms with Crippen LogP contribution in [0.15, 0.2) is 42.6 Å². The summed E-state index contributed by atoms with van der Waals surface area (Å²) in [7, 11) is 0. The van der Waals surface area contributed by atoms with Crippen LogP contribution in [0.1, 0.15) is 34.8 Å². The van der Waals surface area contributed by atoms with Gasteiger partial charge in [0.15, 0.2) is 0 Å². The van der Waals surface area contributed by atoms with Crippen LogP contribution in [0.3, 0.4) is 0 Å². The maximum Gasteiger partial charge on any atom is 0.339 e. The summed E-state index contributed by atoms with van der Waals surface area (Å²) in [6.45, 7) is 3.82. The van der Waals surface area contributed by atoms with Crippen LogP contribution in [0, 0.1) is 6.92 Å². The Morgan fingerprint density at radius 3 is 2.67 bits per heavy atom. The lowest BCUT2D eigenvalue weighted by atomic mass is 10.1. The Kier molecular flexibility index (Phi) is 4.93. The van der Waals surface area contributed by atoms with Gasteiger partial charge < -0.3 is 10.4 Å². The van der Waals surface area contributed by atoms with Crippen LogP contribution in [0.25, 0.3) is 0 Å². The summed E-state index contributed by atoms with van der Waals surface area (Å²) >= 11 is 0.